The number of hydrogen-bond donors (Lipinski definition) is 0. The maximum Gasteiger partial charge on any atom is 0.305 e. The van der Waals surface area contributed by atoms with E-state index in [4.69, 9.17) is 0 Å². The van der Waals surface area contributed by atoms with Gasteiger partial charge in [-0.05, 0) is 6.42 Å². The highest BCUT2D eigenvalue weighted by Crippen LogP contribution is 2.01. The Labute approximate surface area is 49.3 Å². The van der Waals surface area contributed by atoms with Crippen LogP contribution in [0.2, 0.25) is 0 Å². The lowest BCUT2D eigenvalue weighted by Crippen LogP contribution is -1.88. The van der Waals surface area contributed by atoms with E-state index in [2.05, 4.69) is 4.74 Å². The first kappa shape index (κ1) is 6.82. The third kappa shape index (κ3) is 1.83. The van der Waals surface area contributed by atoms with Gasteiger partial charge in [0.15, 0.2) is 0 Å². The molecule has 0 unspecified atom stereocenters. The summed E-state index contributed by atoms with van der Waals surface area (Å²) < 4.78 is 4.51. The van der Waals surface area contributed by atoms with Gasteiger partial charge < -0.3 is 4.74 Å². The fourth-order valence-electron chi connectivity index (χ4n) is 0.475. The zero-order valence-electron chi connectivity index (χ0n) is 3.94. The van der Waals surface area contributed by atoms with Crippen molar-refractivity contribution >= 4 is 19.5 Å². The van der Waals surface area contributed by atoms with Crippen LogP contribution in [-0.2, 0) is 9.53 Å². The first-order chi connectivity index (χ1) is 2.89. The number of cyclic esters (lactones) is 1. The lowest BCUT2D eigenvalue weighted by Gasteiger charge is -1.81. The average Bonchev–Trinajstić information content (AvgIpc) is 1.86. The van der Waals surface area contributed by atoms with Gasteiger partial charge in [-0.15, -0.1) is 0 Å². The van der Waals surface area contributed by atoms with Gasteiger partial charge in [0.1, 0.15) is 0 Å². The van der Waals surface area contributed by atoms with E-state index in [9.17, 15) is 4.79 Å². The molecular weight excluding hydrogens is 112 g/mol. The van der Waals surface area contributed by atoms with Gasteiger partial charge in [-0.25, -0.2) is 0 Å². The summed E-state index contributed by atoms with van der Waals surface area (Å²) >= 11 is 0. The minimum atomic E-state index is -0.0463. The van der Waals surface area contributed by atoms with E-state index < -0.39 is 0 Å². The topological polar surface area (TPSA) is 26.3 Å². The smallest absolute Gasteiger partial charge is 0.305 e. The van der Waals surface area contributed by atoms with Gasteiger partial charge in [0.25, 0.3) is 0 Å². The van der Waals surface area contributed by atoms with Gasteiger partial charge in [0.2, 0.25) is 0 Å². The summed E-state index contributed by atoms with van der Waals surface area (Å²) in [7, 11) is 0. The molecule has 0 aliphatic carbocycles. The van der Waals surface area contributed by atoms with E-state index in [0.717, 1.165) is 6.42 Å². The van der Waals surface area contributed by atoms with Crippen molar-refractivity contribution in [1.29, 1.82) is 0 Å². The molecule has 0 spiro atoms. The highest BCUT2D eigenvalue weighted by molar-refractivity contribution is 7.59. The van der Waals surface area contributed by atoms with E-state index in [1.807, 2.05) is 0 Å². The Kier molecular flexibility index (Phi) is 2.83. The largest absolute Gasteiger partial charge is 0.466 e. The van der Waals surface area contributed by atoms with Gasteiger partial charge in [0.05, 0.1) is 6.61 Å². The summed E-state index contributed by atoms with van der Waals surface area (Å²) in [6.45, 7) is 0.638. The molecule has 0 amide bonds. The van der Waals surface area contributed by atoms with Crippen LogP contribution in [0.3, 0.4) is 0 Å². The fraction of sp³-hybridized carbons (Fsp3) is 0.750. The van der Waals surface area contributed by atoms with Gasteiger partial charge in [-0.3, -0.25) is 4.79 Å². The van der Waals surface area contributed by atoms with Crippen molar-refractivity contribution in [2.75, 3.05) is 6.61 Å². The SMILES string of the molecule is O=C1CCCO1.S. The van der Waals surface area contributed by atoms with Crippen molar-refractivity contribution in [3.8, 4) is 0 Å². The number of carbonyl (C=O) groups is 1. The van der Waals surface area contributed by atoms with Crippen LogP contribution in [0.1, 0.15) is 12.8 Å². The van der Waals surface area contributed by atoms with Crippen LogP contribution in [0, 0.1) is 0 Å². The molecule has 3 heteroatoms. The summed E-state index contributed by atoms with van der Waals surface area (Å²) in [6, 6.07) is 0. The lowest BCUT2D eigenvalue weighted by atomic mass is 10.4. The van der Waals surface area contributed by atoms with Crippen LogP contribution < -0.4 is 0 Å². The zero-order chi connectivity index (χ0) is 4.41. The number of hydrogen-bond acceptors (Lipinski definition) is 2. The van der Waals surface area contributed by atoms with Crippen LogP contribution in [0.4, 0.5) is 0 Å². The minimum absolute atomic E-state index is 0. The molecule has 0 aromatic heterocycles. The predicted molar refractivity (Wildman–Crippen MR) is 30.6 cm³/mol. The summed E-state index contributed by atoms with van der Waals surface area (Å²) in [5, 5.41) is 0. The molecule has 0 saturated carbocycles. The Morgan fingerprint density at radius 2 is 2.29 bits per heavy atom. The molecule has 0 bridgehead atoms. The first-order valence-corrected chi connectivity index (χ1v) is 2.05. The third-order valence-electron chi connectivity index (χ3n) is 0.788. The number of esters is 1. The summed E-state index contributed by atoms with van der Waals surface area (Å²) in [5.74, 6) is -0.0463. The Morgan fingerprint density at radius 1 is 1.57 bits per heavy atom. The predicted octanol–water partition coefficient (Wildman–Crippen LogP) is 0.436. The standard InChI is InChI=1S/C4H6O2.H2S/c5-4-2-1-3-6-4;/h1-3H2;1H2. The van der Waals surface area contributed by atoms with Crippen molar-refractivity contribution < 1.29 is 9.53 Å². The molecule has 1 rings (SSSR count). The number of ether oxygens (including phenoxy) is 1. The van der Waals surface area contributed by atoms with Gasteiger partial charge in [0, 0.05) is 6.42 Å². The summed E-state index contributed by atoms with van der Waals surface area (Å²) in [5.41, 5.74) is 0. The van der Waals surface area contributed by atoms with Crippen molar-refractivity contribution in [2.45, 2.75) is 12.8 Å². The second-order valence-electron chi connectivity index (χ2n) is 1.32. The Bertz CT molecular complexity index is 64.1. The second kappa shape index (κ2) is 2.91. The normalized spacial score (nSPS) is 18.0. The molecule has 42 valence electrons. The van der Waals surface area contributed by atoms with E-state index >= 15 is 0 Å². The lowest BCUT2D eigenvalue weighted by molar-refractivity contribution is -0.137. The minimum Gasteiger partial charge on any atom is -0.466 e. The van der Waals surface area contributed by atoms with Gasteiger partial charge in [-0.2, -0.15) is 13.5 Å². The molecular formula is C4H8O2S. The average molecular weight is 120 g/mol. The molecule has 1 fully saturated rings. The Hall–Kier alpha value is -0.180. The molecule has 2 nitrogen and oxygen atoms in total. The van der Waals surface area contributed by atoms with Crippen molar-refractivity contribution in [3.63, 3.8) is 0 Å². The van der Waals surface area contributed by atoms with Crippen LogP contribution in [0.25, 0.3) is 0 Å². The molecule has 1 heterocycles. The number of carbonyl (C=O) groups excluding carboxylic acids is 1. The molecule has 1 saturated heterocycles. The van der Waals surface area contributed by atoms with Crippen molar-refractivity contribution in [2.24, 2.45) is 0 Å². The first-order valence-electron chi connectivity index (χ1n) is 2.05. The van der Waals surface area contributed by atoms with Crippen LogP contribution in [-0.4, -0.2) is 12.6 Å². The second-order valence-corrected chi connectivity index (χ2v) is 1.32. The van der Waals surface area contributed by atoms with E-state index in [1.54, 1.807) is 0 Å². The van der Waals surface area contributed by atoms with Crippen molar-refractivity contribution in [1.82, 2.24) is 0 Å². The monoisotopic (exact) mass is 120 g/mol. The van der Waals surface area contributed by atoms with E-state index in [0.29, 0.717) is 13.0 Å². The van der Waals surface area contributed by atoms with Crippen LogP contribution in [0.5, 0.6) is 0 Å². The quantitative estimate of drug-likeness (QED) is 0.433. The fourth-order valence-corrected chi connectivity index (χ4v) is 0.475. The maximum absolute atomic E-state index is 10.0. The Morgan fingerprint density at radius 3 is 2.43 bits per heavy atom. The zero-order valence-corrected chi connectivity index (χ0v) is 4.94. The molecule has 0 radical (unpaired) electrons. The molecule has 7 heavy (non-hydrogen) atoms. The number of rotatable bonds is 0. The molecule has 0 N–H and O–H groups in total. The third-order valence-corrected chi connectivity index (χ3v) is 0.788. The summed E-state index contributed by atoms with van der Waals surface area (Å²) in [6.07, 6.45) is 1.54. The molecule has 0 atom stereocenters. The molecule has 0 aromatic carbocycles. The highest BCUT2D eigenvalue weighted by atomic mass is 32.1. The molecule has 1 aliphatic rings. The summed E-state index contributed by atoms with van der Waals surface area (Å²) in [4.78, 5) is 10.0. The highest BCUT2D eigenvalue weighted by Gasteiger charge is 2.08. The van der Waals surface area contributed by atoms with Gasteiger partial charge >= 0.3 is 5.97 Å². The molecule has 1 aliphatic heterocycles. The maximum atomic E-state index is 10.0. The Balaban J connectivity index is 0.000000360. The van der Waals surface area contributed by atoms with E-state index in [1.165, 1.54) is 0 Å². The van der Waals surface area contributed by atoms with Gasteiger partial charge in [-0.1, -0.05) is 0 Å². The van der Waals surface area contributed by atoms with E-state index in [-0.39, 0.29) is 19.5 Å². The van der Waals surface area contributed by atoms with Crippen LogP contribution >= 0.6 is 13.5 Å². The van der Waals surface area contributed by atoms with Crippen molar-refractivity contribution in [3.05, 3.63) is 0 Å². The van der Waals surface area contributed by atoms with Crippen LogP contribution in [0.15, 0.2) is 0 Å². The molecule has 0 aromatic rings.